The third-order valence-electron chi connectivity index (χ3n) is 5.06. The Morgan fingerprint density at radius 3 is 2.41 bits per heavy atom. The molecular weight excluding hydrogens is 444 g/mol. The molecule has 1 N–H and O–H groups in total. The number of aromatic hydroxyl groups is 1. The number of methoxy groups -OCH3 is 1. The van der Waals surface area contributed by atoms with Crippen molar-refractivity contribution in [2.45, 2.75) is 13.0 Å². The van der Waals surface area contributed by atoms with Gasteiger partial charge in [-0.2, -0.15) is 0 Å². The number of carbonyl (C=O) groups excluding carboxylic acids is 1. The van der Waals surface area contributed by atoms with E-state index in [1.807, 2.05) is 67.6 Å². The highest BCUT2D eigenvalue weighted by molar-refractivity contribution is 8.18. The molecule has 1 heterocycles. The van der Waals surface area contributed by atoms with Gasteiger partial charge in [0.1, 0.15) is 0 Å². The molecule has 0 bridgehead atoms. The van der Waals surface area contributed by atoms with Crippen LogP contribution in [0.15, 0.2) is 82.7 Å². The average molecular weight is 465 g/mol. The highest BCUT2D eigenvalue weighted by Crippen LogP contribution is 2.41. The van der Waals surface area contributed by atoms with Gasteiger partial charge in [-0.05, 0) is 60.2 Å². The zero-order chi connectivity index (χ0) is 22.7. The van der Waals surface area contributed by atoms with Crippen LogP contribution in [0.5, 0.6) is 11.5 Å². The molecule has 0 spiro atoms. The normalized spacial score (nSPS) is 17.2. The van der Waals surface area contributed by atoms with E-state index in [0.717, 1.165) is 11.3 Å². The minimum Gasteiger partial charge on any atom is -0.503 e. The van der Waals surface area contributed by atoms with Crippen LogP contribution in [-0.4, -0.2) is 28.2 Å². The van der Waals surface area contributed by atoms with Crippen LogP contribution in [0.3, 0.4) is 0 Å². The lowest BCUT2D eigenvalue weighted by molar-refractivity contribution is -0.123. The lowest BCUT2D eigenvalue weighted by Gasteiger charge is -2.24. The highest BCUT2D eigenvalue weighted by atomic mass is 35.5. The summed E-state index contributed by atoms with van der Waals surface area (Å²) >= 11 is 7.43. The molecule has 5 nitrogen and oxygen atoms in total. The smallest absolute Gasteiger partial charge is 0.267 e. The second-order valence-electron chi connectivity index (χ2n) is 7.16. The second kappa shape index (κ2) is 9.51. The number of thioether (sulfide) groups is 1. The summed E-state index contributed by atoms with van der Waals surface area (Å²) in [5.74, 6) is -0.0379. The Hall–Kier alpha value is -3.22. The van der Waals surface area contributed by atoms with Gasteiger partial charge >= 0.3 is 0 Å². The van der Waals surface area contributed by atoms with Crippen molar-refractivity contribution in [1.82, 2.24) is 4.90 Å². The lowest BCUT2D eigenvalue weighted by Crippen LogP contribution is -2.32. The molecule has 3 aromatic carbocycles. The van der Waals surface area contributed by atoms with Crippen molar-refractivity contribution in [2.75, 3.05) is 7.11 Å². The summed E-state index contributed by atoms with van der Waals surface area (Å²) in [6.45, 7) is 1.98. The molecule has 0 radical (unpaired) electrons. The molecule has 162 valence electrons. The Morgan fingerprint density at radius 1 is 1.09 bits per heavy atom. The number of halogens is 1. The minimum atomic E-state index is -0.206. The first-order valence-corrected chi connectivity index (χ1v) is 11.2. The molecule has 1 saturated heterocycles. The number of para-hydroxylation sites is 1. The van der Waals surface area contributed by atoms with Gasteiger partial charge in [-0.3, -0.25) is 9.69 Å². The van der Waals surface area contributed by atoms with E-state index in [1.165, 1.54) is 18.9 Å². The number of hydrogen-bond acceptors (Lipinski definition) is 5. The van der Waals surface area contributed by atoms with Gasteiger partial charge in [-0.1, -0.05) is 60.1 Å². The zero-order valence-corrected chi connectivity index (χ0v) is 19.1. The van der Waals surface area contributed by atoms with Gasteiger partial charge < -0.3 is 9.84 Å². The van der Waals surface area contributed by atoms with E-state index in [-0.39, 0.29) is 28.5 Å². The quantitative estimate of drug-likeness (QED) is 0.442. The second-order valence-corrected chi connectivity index (χ2v) is 8.57. The first-order valence-electron chi connectivity index (χ1n) is 9.96. The van der Waals surface area contributed by atoms with E-state index in [9.17, 15) is 9.90 Å². The third kappa shape index (κ3) is 4.52. The molecule has 1 aliphatic rings. The van der Waals surface area contributed by atoms with Gasteiger partial charge in [0.25, 0.3) is 5.91 Å². The Morgan fingerprint density at radius 2 is 1.75 bits per heavy atom. The molecule has 1 aliphatic heterocycles. The first-order chi connectivity index (χ1) is 15.5. The van der Waals surface area contributed by atoms with Gasteiger partial charge in [0, 0.05) is 0 Å². The highest BCUT2D eigenvalue weighted by Gasteiger charge is 2.37. The molecule has 7 heteroatoms. The molecule has 1 fully saturated rings. The van der Waals surface area contributed by atoms with Crippen LogP contribution < -0.4 is 4.74 Å². The molecular formula is C25H21ClN2O3S. The molecule has 3 aromatic rings. The number of hydrogen-bond donors (Lipinski definition) is 1. The van der Waals surface area contributed by atoms with E-state index in [0.29, 0.717) is 15.6 Å². The van der Waals surface area contributed by atoms with Crippen LogP contribution in [0.4, 0.5) is 5.69 Å². The third-order valence-corrected chi connectivity index (χ3v) is 6.33. The Bertz CT molecular complexity index is 1200. The monoisotopic (exact) mass is 464 g/mol. The summed E-state index contributed by atoms with van der Waals surface area (Å²) in [7, 11) is 1.45. The number of phenolic OH excluding ortho intramolecular Hbond substituents is 1. The summed E-state index contributed by atoms with van der Waals surface area (Å²) in [6, 6.07) is 22.4. The van der Waals surface area contributed by atoms with E-state index >= 15 is 0 Å². The minimum absolute atomic E-state index is 0.132. The number of ether oxygens (including phenoxy) is 1. The summed E-state index contributed by atoms with van der Waals surface area (Å²) < 4.78 is 5.19. The number of rotatable bonds is 5. The Balaban J connectivity index is 1.76. The average Bonchev–Trinajstić information content (AvgIpc) is 3.11. The van der Waals surface area contributed by atoms with Crippen molar-refractivity contribution in [3.8, 4) is 11.5 Å². The van der Waals surface area contributed by atoms with Gasteiger partial charge in [0.2, 0.25) is 0 Å². The maximum Gasteiger partial charge on any atom is 0.267 e. The van der Waals surface area contributed by atoms with Crippen LogP contribution in [0.2, 0.25) is 5.02 Å². The predicted molar refractivity (Wildman–Crippen MR) is 130 cm³/mol. The standard InChI is InChI=1S/C25H21ClN2O3S/c1-16(18-9-5-3-6-10-18)28-24(30)22(32-25(28)27-19-11-7-4-8-12-19)15-17-13-20(26)23(29)21(14-17)31-2/h3-16,29H,1-2H3/b22-15+,27-25?/t16-/m0/s1. The molecule has 0 saturated carbocycles. The summed E-state index contributed by atoms with van der Waals surface area (Å²) in [5.41, 5.74) is 2.43. The molecule has 0 aliphatic carbocycles. The number of amides is 1. The fourth-order valence-corrected chi connectivity index (χ4v) is 4.67. The molecule has 4 rings (SSSR count). The van der Waals surface area contributed by atoms with E-state index < -0.39 is 0 Å². The van der Waals surface area contributed by atoms with Crippen LogP contribution in [-0.2, 0) is 4.79 Å². The van der Waals surface area contributed by atoms with Crippen molar-refractivity contribution in [2.24, 2.45) is 4.99 Å². The number of amidine groups is 1. The largest absolute Gasteiger partial charge is 0.503 e. The number of nitrogens with zero attached hydrogens (tertiary/aromatic N) is 2. The maximum absolute atomic E-state index is 13.5. The van der Waals surface area contributed by atoms with Gasteiger partial charge in [0.05, 0.1) is 28.8 Å². The van der Waals surface area contributed by atoms with Gasteiger partial charge in [0.15, 0.2) is 16.7 Å². The van der Waals surface area contributed by atoms with Crippen LogP contribution in [0.25, 0.3) is 6.08 Å². The molecule has 1 amide bonds. The first kappa shape index (κ1) is 22.0. The van der Waals surface area contributed by atoms with Crippen molar-refractivity contribution in [3.05, 3.63) is 93.9 Å². The lowest BCUT2D eigenvalue weighted by atomic mass is 10.1. The molecule has 0 unspecified atom stereocenters. The van der Waals surface area contributed by atoms with Crippen LogP contribution in [0.1, 0.15) is 24.1 Å². The van der Waals surface area contributed by atoms with Crippen LogP contribution in [0, 0.1) is 0 Å². The Kier molecular flexibility index (Phi) is 6.53. The summed E-state index contributed by atoms with van der Waals surface area (Å²) in [5, 5.41) is 10.8. The fourth-order valence-electron chi connectivity index (χ4n) is 3.38. The fraction of sp³-hybridized carbons (Fsp3) is 0.120. The van der Waals surface area contributed by atoms with Crippen molar-refractivity contribution >= 4 is 46.2 Å². The SMILES string of the molecule is COc1cc(/C=C2/SC(=Nc3ccccc3)N([C@@H](C)c3ccccc3)C2=O)cc(Cl)c1O. The maximum atomic E-state index is 13.5. The van der Waals surface area contributed by atoms with E-state index in [4.69, 9.17) is 21.3 Å². The summed E-state index contributed by atoms with van der Waals surface area (Å²) in [4.78, 5) is 20.4. The molecule has 32 heavy (non-hydrogen) atoms. The molecule has 1 atom stereocenters. The van der Waals surface area contributed by atoms with Gasteiger partial charge in [-0.25, -0.2) is 4.99 Å². The van der Waals surface area contributed by atoms with Crippen molar-refractivity contribution in [1.29, 1.82) is 0 Å². The van der Waals surface area contributed by atoms with Gasteiger partial charge in [-0.15, -0.1) is 0 Å². The van der Waals surface area contributed by atoms with E-state index in [1.54, 1.807) is 23.1 Å². The van der Waals surface area contributed by atoms with E-state index in [2.05, 4.69) is 0 Å². The predicted octanol–water partition coefficient (Wildman–Crippen LogP) is 6.42. The summed E-state index contributed by atoms with van der Waals surface area (Å²) in [6.07, 6.45) is 1.74. The zero-order valence-electron chi connectivity index (χ0n) is 17.5. The molecule has 0 aromatic heterocycles. The number of phenols is 1. The van der Waals surface area contributed by atoms with Crippen molar-refractivity contribution < 1.29 is 14.6 Å². The number of carbonyl (C=O) groups is 1. The number of aliphatic imine (C=N–C) groups is 1. The van der Waals surface area contributed by atoms with Crippen molar-refractivity contribution in [3.63, 3.8) is 0 Å². The topological polar surface area (TPSA) is 62.1 Å². The Labute approximate surface area is 196 Å². The van der Waals surface area contributed by atoms with Crippen LogP contribution >= 0.6 is 23.4 Å². The number of benzene rings is 3.